The standard InChI is InChI=1S/C10H11ClN2O2S2/c11-4-7-3-6(1-2-13(7)10(14)15)8-5-17-9(16)12-8/h1,5,7H,2-4H2,(H,12,16)(H,14,15)/t7-/m0/s1. The molecule has 0 radical (unpaired) electrons. The molecule has 0 fully saturated rings. The third-order valence-corrected chi connectivity index (χ3v) is 4.14. The van der Waals surface area contributed by atoms with Gasteiger partial charge in [-0.15, -0.1) is 22.9 Å². The van der Waals surface area contributed by atoms with Crippen LogP contribution >= 0.6 is 35.2 Å². The molecule has 0 unspecified atom stereocenters. The fraction of sp³-hybridized carbons (Fsp3) is 0.400. The van der Waals surface area contributed by atoms with Crippen LogP contribution in [0.3, 0.4) is 0 Å². The highest BCUT2D eigenvalue weighted by Crippen LogP contribution is 2.27. The Balaban J connectivity index is 2.23. The van der Waals surface area contributed by atoms with E-state index in [1.165, 1.54) is 16.2 Å². The van der Waals surface area contributed by atoms with Crippen molar-refractivity contribution in [2.45, 2.75) is 12.5 Å². The van der Waals surface area contributed by atoms with Crippen molar-refractivity contribution in [1.82, 2.24) is 9.88 Å². The third-order valence-electron chi connectivity index (χ3n) is 2.72. The number of alkyl halides is 1. The van der Waals surface area contributed by atoms with Crippen molar-refractivity contribution in [2.24, 2.45) is 0 Å². The summed E-state index contributed by atoms with van der Waals surface area (Å²) in [6.45, 7) is 0.374. The van der Waals surface area contributed by atoms with E-state index in [9.17, 15) is 4.79 Å². The first kappa shape index (κ1) is 12.6. The van der Waals surface area contributed by atoms with E-state index in [1.54, 1.807) is 0 Å². The fourth-order valence-electron chi connectivity index (χ4n) is 1.83. The molecule has 7 heteroatoms. The Bertz CT molecular complexity index is 508. The number of nitrogens with zero attached hydrogens (tertiary/aromatic N) is 1. The van der Waals surface area contributed by atoms with Gasteiger partial charge in [-0.3, -0.25) is 0 Å². The second-order valence-electron chi connectivity index (χ2n) is 3.74. The number of carboxylic acid groups (broad SMARTS) is 1. The summed E-state index contributed by atoms with van der Waals surface area (Å²) in [5.41, 5.74) is 2.06. The summed E-state index contributed by atoms with van der Waals surface area (Å²) in [6.07, 6.45) is 1.60. The summed E-state index contributed by atoms with van der Waals surface area (Å²) in [5, 5.41) is 11.0. The van der Waals surface area contributed by atoms with E-state index in [4.69, 9.17) is 28.9 Å². The van der Waals surface area contributed by atoms with Gasteiger partial charge in [0.15, 0.2) is 3.95 Å². The zero-order valence-corrected chi connectivity index (χ0v) is 11.2. The van der Waals surface area contributed by atoms with Crippen molar-refractivity contribution in [3.8, 4) is 0 Å². The average Bonchev–Trinajstić information content (AvgIpc) is 2.75. The van der Waals surface area contributed by atoms with E-state index in [0.717, 1.165) is 15.2 Å². The van der Waals surface area contributed by atoms with Crippen LogP contribution in [0.25, 0.3) is 5.57 Å². The number of amides is 1. The molecule has 1 aliphatic heterocycles. The molecule has 1 amide bonds. The largest absolute Gasteiger partial charge is 0.465 e. The lowest BCUT2D eigenvalue weighted by atomic mass is 9.99. The van der Waals surface area contributed by atoms with Gasteiger partial charge in [-0.05, 0) is 24.2 Å². The molecule has 17 heavy (non-hydrogen) atoms. The maximum absolute atomic E-state index is 11.0. The van der Waals surface area contributed by atoms with Gasteiger partial charge in [-0.1, -0.05) is 6.08 Å². The first-order valence-electron chi connectivity index (χ1n) is 5.04. The van der Waals surface area contributed by atoms with E-state index in [0.29, 0.717) is 18.8 Å². The molecule has 92 valence electrons. The van der Waals surface area contributed by atoms with Crippen LogP contribution < -0.4 is 0 Å². The minimum atomic E-state index is -0.927. The summed E-state index contributed by atoms with van der Waals surface area (Å²) in [6, 6.07) is -0.170. The van der Waals surface area contributed by atoms with Crippen molar-refractivity contribution < 1.29 is 9.90 Å². The highest BCUT2D eigenvalue weighted by atomic mass is 35.5. The van der Waals surface area contributed by atoms with E-state index in [-0.39, 0.29) is 6.04 Å². The lowest BCUT2D eigenvalue weighted by molar-refractivity contribution is 0.134. The van der Waals surface area contributed by atoms with Crippen LogP contribution in [0.1, 0.15) is 12.1 Å². The number of rotatable bonds is 2. The molecule has 1 atom stereocenters. The van der Waals surface area contributed by atoms with Crippen LogP contribution in [0.5, 0.6) is 0 Å². The summed E-state index contributed by atoms with van der Waals surface area (Å²) < 4.78 is 0.726. The molecule has 2 heterocycles. The Morgan fingerprint density at radius 1 is 1.76 bits per heavy atom. The maximum Gasteiger partial charge on any atom is 0.407 e. The van der Waals surface area contributed by atoms with E-state index >= 15 is 0 Å². The molecule has 0 aliphatic carbocycles. The highest BCUT2D eigenvalue weighted by Gasteiger charge is 2.27. The number of nitrogens with one attached hydrogen (secondary N) is 1. The summed E-state index contributed by atoms with van der Waals surface area (Å²) in [4.78, 5) is 15.4. The molecule has 2 N–H and O–H groups in total. The summed E-state index contributed by atoms with van der Waals surface area (Å²) in [5.74, 6) is 0.300. The smallest absolute Gasteiger partial charge is 0.407 e. The molecule has 2 rings (SSSR count). The van der Waals surface area contributed by atoms with Gasteiger partial charge in [0.05, 0.1) is 11.7 Å². The predicted octanol–water partition coefficient (Wildman–Crippen LogP) is 3.18. The minimum Gasteiger partial charge on any atom is -0.465 e. The van der Waals surface area contributed by atoms with Gasteiger partial charge in [0.1, 0.15) is 0 Å². The molecule has 1 aliphatic rings. The second kappa shape index (κ2) is 5.20. The number of halogens is 1. The quantitative estimate of drug-likeness (QED) is 0.650. The minimum absolute atomic E-state index is 0.170. The molecule has 0 saturated carbocycles. The normalized spacial score (nSPS) is 20.2. The van der Waals surface area contributed by atoms with Crippen molar-refractivity contribution in [1.29, 1.82) is 0 Å². The summed E-state index contributed by atoms with van der Waals surface area (Å²) in [7, 11) is 0. The van der Waals surface area contributed by atoms with Crippen molar-refractivity contribution in [2.75, 3.05) is 12.4 Å². The topological polar surface area (TPSA) is 56.3 Å². The number of H-pyrrole nitrogens is 1. The zero-order valence-electron chi connectivity index (χ0n) is 8.85. The Morgan fingerprint density at radius 3 is 3.06 bits per heavy atom. The van der Waals surface area contributed by atoms with Crippen LogP contribution in [-0.4, -0.2) is 39.6 Å². The number of hydrogen-bond acceptors (Lipinski definition) is 3. The molecule has 0 aromatic carbocycles. The van der Waals surface area contributed by atoms with Crippen LogP contribution in [0, 0.1) is 3.95 Å². The van der Waals surface area contributed by atoms with Crippen molar-refractivity contribution in [3.63, 3.8) is 0 Å². The van der Waals surface area contributed by atoms with Gasteiger partial charge >= 0.3 is 6.09 Å². The van der Waals surface area contributed by atoms with Gasteiger partial charge in [0, 0.05) is 17.8 Å². The number of aromatic nitrogens is 1. The van der Waals surface area contributed by atoms with E-state index < -0.39 is 6.09 Å². The van der Waals surface area contributed by atoms with Crippen LogP contribution in [0.15, 0.2) is 11.5 Å². The monoisotopic (exact) mass is 290 g/mol. The summed E-state index contributed by atoms with van der Waals surface area (Å²) >= 11 is 12.3. The Labute approximate surface area is 113 Å². The molecule has 1 aromatic rings. The van der Waals surface area contributed by atoms with Crippen molar-refractivity contribution in [3.05, 3.63) is 21.1 Å². The van der Waals surface area contributed by atoms with Crippen LogP contribution in [0.2, 0.25) is 0 Å². The van der Waals surface area contributed by atoms with Gasteiger partial charge in [-0.2, -0.15) is 0 Å². The number of aromatic amines is 1. The molecule has 0 saturated heterocycles. The Kier molecular flexibility index (Phi) is 3.86. The number of hydrogen-bond donors (Lipinski definition) is 2. The number of thiazole rings is 1. The van der Waals surface area contributed by atoms with Crippen LogP contribution in [0.4, 0.5) is 4.79 Å². The maximum atomic E-state index is 11.0. The zero-order chi connectivity index (χ0) is 12.4. The first-order valence-corrected chi connectivity index (χ1v) is 6.87. The predicted molar refractivity (Wildman–Crippen MR) is 71.3 cm³/mol. The average molecular weight is 291 g/mol. The van der Waals surface area contributed by atoms with Gasteiger partial charge < -0.3 is 15.0 Å². The molecule has 4 nitrogen and oxygen atoms in total. The fourth-order valence-corrected chi connectivity index (χ4v) is 2.97. The highest BCUT2D eigenvalue weighted by molar-refractivity contribution is 7.73. The second-order valence-corrected chi connectivity index (χ2v) is 5.59. The van der Waals surface area contributed by atoms with Gasteiger partial charge in [0.2, 0.25) is 0 Å². The molecular formula is C10H11ClN2O2S2. The lowest BCUT2D eigenvalue weighted by Gasteiger charge is -2.31. The van der Waals surface area contributed by atoms with Crippen molar-refractivity contribution >= 4 is 46.8 Å². The first-order chi connectivity index (χ1) is 8.11. The number of carbonyl (C=O) groups is 1. The molecule has 0 bridgehead atoms. The SMILES string of the molecule is O=C(O)N1CC=C(c2csc(=S)[nH]2)C[C@H]1CCl. The Morgan fingerprint density at radius 2 is 2.53 bits per heavy atom. The third kappa shape index (κ3) is 2.70. The van der Waals surface area contributed by atoms with E-state index in [1.807, 2.05) is 11.5 Å². The molecular weight excluding hydrogens is 280 g/mol. The van der Waals surface area contributed by atoms with Crippen LogP contribution in [-0.2, 0) is 0 Å². The molecule has 1 aromatic heterocycles. The lowest BCUT2D eigenvalue weighted by Crippen LogP contribution is -2.43. The van der Waals surface area contributed by atoms with E-state index in [2.05, 4.69) is 4.98 Å². The van der Waals surface area contributed by atoms with Gasteiger partial charge in [0.25, 0.3) is 0 Å². The molecule has 0 spiro atoms. The Hall–Kier alpha value is -0.850. The van der Waals surface area contributed by atoms with Gasteiger partial charge in [-0.25, -0.2) is 4.79 Å².